The van der Waals surface area contributed by atoms with Gasteiger partial charge in [-0.25, -0.2) is 0 Å². The molecule has 0 nitrogen and oxygen atoms in total. The van der Waals surface area contributed by atoms with E-state index in [-0.39, 0.29) is 0 Å². The Morgan fingerprint density at radius 1 is 0.938 bits per heavy atom. The van der Waals surface area contributed by atoms with Crippen molar-refractivity contribution in [2.24, 2.45) is 0 Å². The molecule has 1 aliphatic carbocycles. The van der Waals surface area contributed by atoms with E-state index in [0.29, 0.717) is 0 Å². The van der Waals surface area contributed by atoms with Gasteiger partial charge in [0, 0.05) is 0 Å². The summed E-state index contributed by atoms with van der Waals surface area (Å²) in [6.45, 7) is 2.28. The van der Waals surface area contributed by atoms with Crippen molar-refractivity contribution in [2.75, 3.05) is 0 Å². The first-order chi connectivity index (χ1) is 7.93. The number of allylic oxidation sites excluding steroid dienone is 4. The third-order valence-electron chi connectivity index (χ3n) is 3.28. The molecule has 0 amide bonds. The molecule has 0 aromatic rings. The average molecular weight is 219 g/mol. The Balaban J connectivity index is 1.84. The lowest BCUT2D eigenvalue weighted by molar-refractivity contribution is 0.575. The van der Waals surface area contributed by atoms with E-state index in [1.165, 1.54) is 57.8 Å². The molecule has 0 unspecified atom stereocenters. The second-order valence-corrected chi connectivity index (χ2v) is 4.83. The highest BCUT2D eigenvalue weighted by Crippen LogP contribution is 2.18. The van der Waals surface area contributed by atoms with Crippen molar-refractivity contribution in [3.8, 4) is 0 Å². The van der Waals surface area contributed by atoms with E-state index in [1.54, 1.807) is 5.57 Å². The van der Waals surface area contributed by atoms with Gasteiger partial charge in [-0.05, 0) is 25.7 Å². The van der Waals surface area contributed by atoms with Crippen LogP contribution in [0.25, 0.3) is 0 Å². The van der Waals surface area contributed by atoms with Crippen LogP contribution in [-0.2, 0) is 0 Å². The molecule has 0 bridgehead atoms. The minimum Gasteiger partial charge on any atom is -0.0839 e. The van der Waals surface area contributed by atoms with Crippen molar-refractivity contribution in [3.63, 3.8) is 0 Å². The van der Waals surface area contributed by atoms with Gasteiger partial charge < -0.3 is 0 Å². The maximum Gasteiger partial charge on any atom is -0.00967 e. The molecule has 0 spiro atoms. The molecule has 0 aliphatic heterocycles. The van der Waals surface area contributed by atoms with E-state index in [0.717, 1.165) is 6.42 Å². The zero-order valence-corrected chi connectivity index (χ0v) is 10.9. The van der Waals surface area contributed by atoms with Crippen LogP contribution in [0.3, 0.4) is 0 Å². The van der Waals surface area contributed by atoms with E-state index in [4.69, 9.17) is 0 Å². The van der Waals surface area contributed by atoms with Gasteiger partial charge in [-0.3, -0.25) is 0 Å². The first-order valence-electron chi connectivity index (χ1n) is 7.12. The number of unbranched alkanes of at least 4 members (excludes halogenated alkanes) is 7. The van der Waals surface area contributed by atoms with E-state index >= 15 is 0 Å². The maximum atomic E-state index is 2.36. The maximum absolute atomic E-state index is 2.36. The van der Waals surface area contributed by atoms with Crippen LogP contribution in [-0.4, -0.2) is 0 Å². The van der Waals surface area contributed by atoms with Crippen molar-refractivity contribution in [2.45, 2.75) is 71.1 Å². The summed E-state index contributed by atoms with van der Waals surface area (Å²) in [5.74, 6) is 0. The lowest BCUT2D eigenvalue weighted by Gasteiger charge is -2.08. The first kappa shape index (κ1) is 13.5. The number of rotatable bonds is 9. The summed E-state index contributed by atoms with van der Waals surface area (Å²) in [7, 11) is 0. The van der Waals surface area contributed by atoms with Gasteiger partial charge >= 0.3 is 0 Å². The molecule has 0 aromatic carbocycles. The zero-order chi connectivity index (χ0) is 11.5. The van der Waals surface area contributed by atoms with Crippen molar-refractivity contribution < 1.29 is 0 Å². The summed E-state index contributed by atoms with van der Waals surface area (Å²) >= 11 is 0. The largest absolute Gasteiger partial charge is 0.0839 e. The summed E-state index contributed by atoms with van der Waals surface area (Å²) in [4.78, 5) is 0. The highest BCUT2D eigenvalue weighted by atomic mass is 14.0. The fourth-order valence-electron chi connectivity index (χ4n) is 2.21. The van der Waals surface area contributed by atoms with Crippen LogP contribution >= 0.6 is 0 Å². The van der Waals surface area contributed by atoms with Crippen LogP contribution in [0.5, 0.6) is 0 Å². The van der Waals surface area contributed by atoms with Gasteiger partial charge in [-0.15, -0.1) is 0 Å². The van der Waals surface area contributed by atoms with E-state index in [2.05, 4.69) is 31.6 Å². The smallest absolute Gasteiger partial charge is 0.00967 e. The standard InChI is InChI=1S/C16H27/c1-2-3-4-5-6-7-8-10-13-16-14-11-9-12-15-16/h9,11,14-15H,2-8,10,12-13H2,1H3. The van der Waals surface area contributed by atoms with Crippen LogP contribution in [0.2, 0.25) is 0 Å². The highest BCUT2D eigenvalue weighted by molar-refractivity contribution is 5.25. The van der Waals surface area contributed by atoms with E-state index in [1.807, 2.05) is 0 Å². The van der Waals surface area contributed by atoms with Gasteiger partial charge in [0.15, 0.2) is 0 Å². The number of hydrogen-bond acceptors (Lipinski definition) is 0. The van der Waals surface area contributed by atoms with Crippen LogP contribution in [0.15, 0.2) is 23.8 Å². The molecule has 16 heavy (non-hydrogen) atoms. The molecule has 0 N–H and O–H groups in total. The van der Waals surface area contributed by atoms with Crippen LogP contribution in [0.4, 0.5) is 0 Å². The summed E-state index contributed by atoms with van der Waals surface area (Å²) < 4.78 is 0. The predicted octanol–water partition coefficient (Wildman–Crippen LogP) is 5.61. The van der Waals surface area contributed by atoms with Gasteiger partial charge in [0.2, 0.25) is 0 Å². The topological polar surface area (TPSA) is 0 Å². The van der Waals surface area contributed by atoms with Gasteiger partial charge in [0.25, 0.3) is 0 Å². The molecule has 0 heterocycles. The Bertz CT molecular complexity index is 210. The fraction of sp³-hybridized carbons (Fsp3) is 0.688. The highest BCUT2D eigenvalue weighted by Gasteiger charge is 1.99. The molecule has 0 aromatic heterocycles. The molecular weight excluding hydrogens is 192 g/mol. The summed E-state index contributed by atoms with van der Waals surface area (Å²) in [5.41, 5.74) is 1.55. The molecule has 0 saturated carbocycles. The monoisotopic (exact) mass is 219 g/mol. The van der Waals surface area contributed by atoms with Gasteiger partial charge in [-0.2, -0.15) is 0 Å². The zero-order valence-electron chi connectivity index (χ0n) is 10.9. The Hall–Kier alpha value is -0.520. The quantitative estimate of drug-likeness (QED) is 0.442. The first-order valence-corrected chi connectivity index (χ1v) is 7.12. The summed E-state index contributed by atoms with van der Waals surface area (Å²) in [5, 5.41) is 0. The Kier molecular flexibility index (Phi) is 8.20. The second-order valence-electron chi connectivity index (χ2n) is 4.83. The second kappa shape index (κ2) is 9.69. The molecule has 0 fully saturated rings. The molecule has 1 radical (unpaired) electrons. The van der Waals surface area contributed by atoms with Gasteiger partial charge in [0.05, 0.1) is 0 Å². The van der Waals surface area contributed by atoms with Gasteiger partial charge in [0.1, 0.15) is 0 Å². The van der Waals surface area contributed by atoms with Gasteiger partial charge in [-0.1, -0.05) is 75.7 Å². The normalized spacial score (nSPS) is 15.2. The van der Waals surface area contributed by atoms with E-state index < -0.39 is 0 Å². The predicted molar refractivity (Wildman–Crippen MR) is 73.4 cm³/mol. The van der Waals surface area contributed by atoms with E-state index in [9.17, 15) is 0 Å². The molecule has 0 atom stereocenters. The SMILES string of the molecule is CCCCCCCCCCC1=CC=CC[CH]1. The van der Waals surface area contributed by atoms with Crippen molar-refractivity contribution in [3.05, 3.63) is 30.2 Å². The molecule has 91 valence electrons. The van der Waals surface area contributed by atoms with Crippen molar-refractivity contribution in [1.82, 2.24) is 0 Å². The minimum atomic E-state index is 1.14. The average Bonchev–Trinajstić information content (AvgIpc) is 2.34. The lowest BCUT2D eigenvalue weighted by atomic mass is 9.98. The number of hydrogen-bond donors (Lipinski definition) is 0. The summed E-state index contributed by atoms with van der Waals surface area (Å²) in [6, 6.07) is 0. The van der Waals surface area contributed by atoms with Crippen LogP contribution in [0, 0.1) is 6.42 Å². The third-order valence-corrected chi connectivity index (χ3v) is 3.28. The van der Waals surface area contributed by atoms with Crippen LogP contribution < -0.4 is 0 Å². The Morgan fingerprint density at radius 2 is 1.62 bits per heavy atom. The lowest BCUT2D eigenvalue weighted by Crippen LogP contribution is -1.89. The van der Waals surface area contributed by atoms with Crippen LogP contribution in [0.1, 0.15) is 71.1 Å². The molecule has 0 saturated heterocycles. The molecular formula is C16H27. The minimum absolute atomic E-state index is 1.14. The summed E-state index contributed by atoms with van der Waals surface area (Å²) in [6.07, 6.45) is 22.8. The van der Waals surface area contributed by atoms with Crippen molar-refractivity contribution >= 4 is 0 Å². The fourth-order valence-corrected chi connectivity index (χ4v) is 2.21. The third kappa shape index (κ3) is 6.87. The Labute approximate surface area is 102 Å². The molecule has 0 heteroatoms. The Morgan fingerprint density at radius 3 is 2.25 bits per heavy atom. The molecule has 1 rings (SSSR count). The van der Waals surface area contributed by atoms with Crippen molar-refractivity contribution in [1.29, 1.82) is 0 Å². The molecule has 1 aliphatic rings.